The van der Waals surface area contributed by atoms with Crippen molar-refractivity contribution in [1.82, 2.24) is 4.90 Å². The maximum absolute atomic E-state index is 5.97. The third-order valence-electron chi connectivity index (χ3n) is 3.55. The first-order valence-corrected chi connectivity index (χ1v) is 7.83. The Balaban J connectivity index is 2.56. The number of rotatable bonds is 8. The monoisotopic (exact) mass is 306 g/mol. The molecule has 0 aromatic heterocycles. The lowest BCUT2D eigenvalue weighted by Crippen LogP contribution is -2.28. The van der Waals surface area contributed by atoms with Crippen LogP contribution in [0.3, 0.4) is 0 Å². The molecule has 0 bridgehead atoms. The third kappa shape index (κ3) is 6.91. The largest absolute Gasteiger partial charge is 0.377 e. The van der Waals surface area contributed by atoms with Crippen LogP contribution >= 0.6 is 0 Å². The van der Waals surface area contributed by atoms with E-state index in [1.165, 1.54) is 11.1 Å². The van der Waals surface area contributed by atoms with Gasteiger partial charge in [-0.3, -0.25) is 4.99 Å². The van der Waals surface area contributed by atoms with Crippen molar-refractivity contribution in [2.75, 3.05) is 39.1 Å². The van der Waals surface area contributed by atoms with E-state index in [1.54, 1.807) is 0 Å². The van der Waals surface area contributed by atoms with E-state index in [9.17, 15) is 0 Å². The SMILES string of the molecule is CCOC(CCN(C)C)CN=C(N)Nc1ccc(C)c(C)c1. The Labute approximate surface area is 134 Å². The van der Waals surface area contributed by atoms with Crippen LogP contribution in [0.1, 0.15) is 24.5 Å². The van der Waals surface area contributed by atoms with Crippen LogP contribution in [0.25, 0.3) is 0 Å². The number of hydrogen-bond acceptors (Lipinski definition) is 3. The van der Waals surface area contributed by atoms with Gasteiger partial charge in [-0.05, 0) is 64.5 Å². The molecule has 1 rings (SSSR count). The van der Waals surface area contributed by atoms with Crippen molar-refractivity contribution >= 4 is 11.6 Å². The summed E-state index contributed by atoms with van der Waals surface area (Å²) in [5.74, 6) is 0.429. The highest BCUT2D eigenvalue weighted by atomic mass is 16.5. The number of guanidine groups is 1. The fourth-order valence-electron chi connectivity index (χ4n) is 2.07. The van der Waals surface area contributed by atoms with Crippen molar-refractivity contribution in [2.45, 2.75) is 33.3 Å². The van der Waals surface area contributed by atoms with E-state index < -0.39 is 0 Å². The molecule has 0 radical (unpaired) electrons. The average Bonchev–Trinajstić information content (AvgIpc) is 2.46. The van der Waals surface area contributed by atoms with Crippen LogP contribution in [0.5, 0.6) is 0 Å². The van der Waals surface area contributed by atoms with Crippen molar-refractivity contribution in [1.29, 1.82) is 0 Å². The van der Waals surface area contributed by atoms with Gasteiger partial charge < -0.3 is 20.7 Å². The number of nitrogens with one attached hydrogen (secondary N) is 1. The van der Waals surface area contributed by atoms with Gasteiger partial charge in [-0.2, -0.15) is 0 Å². The number of hydrogen-bond donors (Lipinski definition) is 2. The Hall–Kier alpha value is -1.59. The summed E-state index contributed by atoms with van der Waals surface area (Å²) in [6.07, 6.45) is 1.05. The molecule has 0 fully saturated rings. The molecule has 1 aromatic carbocycles. The molecule has 1 aromatic rings. The highest BCUT2D eigenvalue weighted by Gasteiger charge is 2.08. The molecule has 0 amide bonds. The Morgan fingerprint density at radius 3 is 2.64 bits per heavy atom. The Morgan fingerprint density at radius 1 is 1.32 bits per heavy atom. The van der Waals surface area contributed by atoms with E-state index in [4.69, 9.17) is 10.5 Å². The number of aliphatic imine (C=N–C) groups is 1. The van der Waals surface area contributed by atoms with Crippen molar-refractivity contribution in [3.05, 3.63) is 29.3 Å². The van der Waals surface area contributed by atoms with Crippen LogP contribution in [0.2, 0.25) is 0 Å². The molecule has 0 aliphatic heterocycles. The lowest BCUT2D eigenvalue weighted by atomic mass is 10.1. The summed E-state index contributed by atoms with van der Waals surface area (Å²) < 4.78 is 5.71. The lowest BCUT2D eigenvalue weighted by molar-refractivity contribution is 0.0583. The molecule has 5 heteroatoms. The fourth-order valence-corrected chi connectivity index (χ4v) is 2.07. The maximum Gasteiger partial charge on any atom is 0.193 e. The number of ether oxygens (including phenoxy) is 1. The number of nitrogens with two attached hydrogens (primary N) is 1. The van der Waals surface area contributed by atoms with Crippen LogP contribution < -0.4 is 11.1 Å². The van der Waals surface area contributed by atoms with Crippen LogP contribution in [-0.2, 0) is 4.74 Å². The number of benzene rings is 1. The predicted molar refractivity (Wildman–Crippen MR) is 94.6 cm³/mol. The summed E-state index contributed by atoms with van der Waals surface area (Å²) >= 11 is 0. The van der Waals surface area contributed by atoms with E-state index in [-0.39, 0.29) is 6.10 Å². The number of aryl methyl sites for hydroxylation is 2. The zero-order valence-corrected chi connectivity index (χ0v) is 14.5. The van der Waals surface area contributed by atoms with Crippen molar-refractivity contribution < 1.29 is 4.74 Å². The standard InChI is InChI=1S/C17H30N4O/c1-6-22-16(9-10-21(4)5)12-19-17(18)20-15-8-7-13(2)14(3)11-15/h7-8,11,16H,6,9-10,12H2,1-5H3,(H3,18,19,20). The Bertz CT molecular complexity index is 486. The molecule has 0 aliphatic carbocycles. The zero-order chi connectivity index (χ0) is 16.5. The van der Waals surface area contributed by atoms with Gasteiger partial charge >= 0.3 is 0 Å². The molecule has 5 nitrogen and oxygen atoms in total. The molecule has 0 spiro atoms. The average molecular weight is 306 g/mol. The fraction of sp³-hybridized carbons (Fsp3) is 0.588. The zero-order valence-electron chi connectivity index (χ0n) is 14.5. The predicted octanol–water partition coefficient (Wildman–Crippen LogP) is 2.39. The van der Waals surface area contributed by atoms with Crippen molar-refractivity contribution in [3.63, 3.8) is 0 Å². The van der Waals surface area contributed by atoms with E-state index in [1.807, 2.05) is 13.0 Å². The molecule has 0 heterocycles. The molecular weight excluding hydrogens is 276 g/mol. The molecule has 0 saturated heterocycles. The normalized spacial score (nSPS) is 13.5. The smallest absolute Gasteiger partial charge is 0.193 e. The maximum atomic E-state index is 5.97. The van der Waals surface area contributed by atoms with Gasteiger partial charge in [-0.25, -0.2) is 0 Å². The number of nitrogens with zero attached hydrogens (tertiary/aromatic N) is 2. The van der Waals surface area contributed by atoms with Crippen LogP contribution in [-0.4, -0.2) is 50.8 Å². The summed E-state index contributed by atoms with van der Waals surface area (Å²) in [4.78, 5) is 6.55. The molecular formula is C17H30N4O. The summed E-state index contributed by atoms with van der Waals surface area (Å²) in [7, 11) is 4.11. The van der Waals surface area contributed by atoms with Crippen molar-refractivity contribution in [3.8, 4) is 0 Å². The first-order valence-electron chi connectivity index (χ1n) is 7.83. The molecule has 0 saturated carbocycles. The number of anilines is 1. The van der Waals surface area contributed by atoms with Gasteiger partial charge in [0.05, 0.1) is 12.6 Å². The molecule has 22 heavy (non-hydrogen) atoms. The van der Waals surface area contributed by atoms with Crippen LogP contribution in [0.4, 0.5) is 5.69 Å². The topological polar surface area (TPSA) is 62.9 Å². The summed E-state index contributed by atoms with van der Waals surface area (Å²) in [5.41, 5.74) is 9.43. The Kier molecular flexibility index (Phi) is 7.91. The lowest BCUT2D eigenvalue weighted by Gasteiger charge is -2.18. The molecule has 124 valence electrons. The molecule has 1 atom stereocenters. The Morgan fingerprint density at radius 2 is 2.05 bits per heavy atom. The van der Waals surface area contributed by atoms with Gasteiger partial charge in [-0.1, -0.05) is 6.07 Å². The van der Waals surface area contributed by atoms with Gasteiger partial charge in [-0.15, -0.1) is 0 Å². The minimum absolute atomic E-state index is 0.104. The summed E-state index contributed by atoms with van der Waals surface area (Å²) in [6, 6.07) is 6.16. The quantitative estimate of drug-likeness (QED) is 0.572. The molecule has 3 N–H and O–H groups in total. The first kappa shape index (κ1) is 18.5. The van der Waals surface area contributed by atoms with Gasteiger partial charge in [0.15, 0.2) is 5.96 Å². The highest BCUT2D eigenvalue weighted by molar-refractivity contribution is 5.92. The van der Waals surface area contributed by atoms with E-state index >= 15 is 0 Å². The van der Waals surface area contributed by atoms with Gasteiger partial charge in [0, 0.05) is 18.8 Å². The second kappa shape index (κ2) is 9.43. The van der Waals surface area contributed by atoms with Gasteiger partial charge in [0.25, 0.3) is 0 Å². The third-order valence-corrected chi connectivity index (χ3v) is 3.55. The summed E-state index contributed by atoms with van der Waals surface area (Å²) in [5, 5.41) is 3.13. The molecule has 0 aliphatic rings. The van der Waals surface area contributed by atoms with E-state index in [0.29, 0.717) is 19.1 Å². The highest BCUT2D eigenvalue weighted by Crippen LogP contribution is 2.13. The van der Waals surface area contributed by atoms with E-state index in [0.717, 1.165) is 18.7 Å². The second-order valence-corrected chi connectivity index (χ2v) is 5.82. The molecule has 1 unspecified atom stereocenters. The van der Waals surface area contributed by atoms with Gasteiger partial charge in [0.2, 0.25) is 0 Å². The van der Waals surface area contributed by atoms with Crippen molar-refractivity contribution in [2.24, 2.45) is 10.7 Å². The van der Waals surface area contributed by atoms with Crippen LogP contribution in [0.15, 0.2) is 23.2 Å². The van der Waals surface area contributed by atoms with Gasteiger partial charge in [0.1, 0.15) is 0 Å². The minimum atomic E-state index is 0.104. The van der Waals surface area contributed by atoms with E-state index in [2.05, 4.69) is 55.3 Å². The second-order valence-electron chi connectivity index (χ2n) is 5.82. The van der Waals surface area contributed by atoms with Crippen LogP contribution in [0, 0.1) is 13.8 Å². The summed E-state index contributed by atoms with van der Waals surface area (Å²) in [6.45, 7) is 8.42. The first-order chi connectivity index (χ1) is 10.4. The minimum Gasteiger partial charge on any atom is -0.377 e.